The van der Waals surface area contributed by atoms with E-state index in [1.165, 1.54) is 62.5 Å². The number of nitrogens with one attached hydrogen (secondary N) is 8. The standard InChI is InChI=1S/C25H20N6O6.C24H18N6O6/c1-36-25(35)15-5-3-2-4-14(15)23(33)31-17-10-26-21-20(17)28-12-29-22(21)24(34)27-9-13-6-7-18-16(8-13)30-19(32)11-37-18;31-18-10-36-17-6-5-12(7-15(17)29-18)8-26-23(33)21-20-19(27-11-28-21)16(9-25-20)30-22(32)13-3-1-2-4-14(13)24(34)35/h2-8,10,12,26H,9,11H2,1H3,(H,27,34)(H,30,32)(H,31,33);1-7,9,11,25H,8,10H2,(H,26,33)(H,29,31)(H,30,32)(H,34,35). The first-order valence-corrected chi connectivity index (χ1v) is 21.8. The number of aromatic nitrogens is 6. The third-order valence-corrected chi connectivity index (χ3v) is 11.1. The second kappa shape index (κ2) is 20.6. The minimum Gasteiger partial charge on any atom is -0.482 e. The van der Waals surface area contributed by atoms with Crippen LogP contribution < -0.4 is 41.4 Å². The van der Waals surface area contributed by atoms with Crippen molar-refractivity contribution in [1.29, 1.82) is 0 Å². The van der Waals surface area contributed by atoms with E-state index >= 15 is 0 Å². The van der Waals surface area contributed by atoms with E-state index in [1.54, 1.807) is 54.6 Å². The van der Waals surface area contributed by atoms with Crippen LogP contribution in [-0.2, 0) is 27.4 Å². The van der Waals surface area contributed by atoms with Crippen LogP contribution in [0.25, 0.3) is 22.1 Å². The predicted octanol–water partition coefficient (Wildman–Crippen LogP) is 4.43. The topological polar surface area (TPSA) is 340 Å². The molecule has 2 aliphatic rings. The Morgan fingerprint density at radius 1 is 0.589 bits per heavy atom. The Kier molecular flexibility index (Phi) is 13.4. The number of carbonyl (C=O) groups is 8. The molecule has 10 rings (SSSR count). The highest BCUT2D eigenvalue weighted by molar-refractivity contribution is 6.16. The van der Waals surface area contributed by atoms with Crippen LogP contribution in [0, 0.1) is 0 Å². The SMILES string of the molecule is COC(=O)c1ccccc1C(=O)Nc1c[nH]c2c(C(=O)NCc3ccc4c(c3)NC(=O)CO4)ncnc12.O=C1COc2ccc(CNC(=O)c3ncnc4c(NC(=O)c5ccccc5C(=O)O)c[nH]c34)cc2N1. The lowest BCUT2D eigenvalue weighted by molar-refractivity contribution is -0.119. The Labute approximate surface area is 410 Å². The quantitative estimate of drug-likeness (QED) is 0.0765. The smallest absolute Gasteiger partial charge is 0.338 e. The van der Waals surface area contributed by atoms with Gasteiger partial charge in [-0.05, 0) is 59.7 Å². The van der Waals surface area contributed by atoms with Gasteiger partial charge in [0.05, 0.1) is 63.1 Å². The molecule has 0 aliphatic carbocycles. The molecule has 0 saturated carbocycles. The zero-order chi connectivity index (χ0) is 51.2. The summed E-state index contributed by atoms with van der Waals surface area (Å²) in [5, 5.41) is 25.7. The van der Waals surface area contributed by atoms with Crippen LogP contribution in [0.5, 0.6) is 11.5 Å². The molecule has 6 heterocycles. The van der Waals surface area contributed by atoms with Gasteiger partial charge in [0.1, 0.15) is 35.2 Å². The van der Waals surface area contributed by atoms with Gasteiger partial charge < -0.3 is 61.2 Å². The minimum absolute atomic E-state index is 0.0157. The molecule has 9 N–H and O–H groups in total. The molecule has 0 unspecified atom stereocenters. The summed E-state index contributed by atoms with van der Waals surface area (Å²) >= 11 is 0. The van der Waals surface area contributed by atoms with E-state index in [2.05, 4.69) is 61.8 Å². The summed E-state index contributed by atoms with van der Waals surface area (Å²) in [5.74, 6) is -3.41. The first-order chi connectivity index (χ1) is 35.3. The Balaban J connectivity index is 0.000000180. The number of hydrogen-bond donors (Lipinski definition) is 9. The fourth-order valence-electron chi connectivity index (χ4n) is 7.64. The van der Waals surface area contributed by atoms with Gasteiger partial charge in [0.2, 0.25) is 0 Å². The molecule has 4 aromatic heterocycles. The first-order valence-electron chi connectivity index (χ1n) is 21.8. The van der Waals surface area contributed by atoms with E-state index in [4.69, 9.17) is 14.2 Å². The number of rotatable bonds is 12. The average molecular weight is 987 g/mol. The Bertz CT molecular complexity index is 3570. The molecule has 0 atom stereocenters. The molecule has 0 radical (unpaired) electrons. The van der Waals surface area contributed by atoms with Gasteiger partial charge in [0, 0.05) is 25.5 Å². The number of aromatic carboxylic acids is 1. The Morgan fingerprint density at radius 3 is 1.48 bits per heavy atom. The number of carbonyl (C=O) groups excluding carboxylic acids is 7. The number of carboxylic acid groups (broad SMARTS) is 1. The number of hydrogen-bond acceptors (Lipinski definition) is 15. The maximum absolute atomic E-state index is 12.9. The van der Waals surface area contributed by atoms with Crippen molar-refractivity contribution < 1.29 is 57.7 Å². The van der Waals surface area contributed by atoms with Crippen molar-refractivity contribution in [2.45, 2.75) is 13.1 Å². The third kappa shape index (κ3) is 10.3. The molecule has 366 valence electrons. The number of H-pyrrole nitrogens is 2. The van der Waals surface area contributed by atoms with Crippen LogP contribution in [0.15, 0.2) is 110 Å². The number of benzene rings is 4. The van der Waals surface area contributed by atoms with Gasteiger partial charge in [-0.3, -0.25) is 28.8 Å². The van der Waals surface area contributed by atoms with Gasteiger partial charge in [-0.1, -0.05) is 36.4 Å². The first kappa shape index (κ1) is 47.5. The summed E-state index contributed by atoms with van der Waals surface area (Å²) in [6.45, 7) is 0.243. The largest absolute Gasteiger partial charge is 0.482 e. The molecule has 6 amide bonds. The second-order valence-corrected chi connectivity index (χ2v) is 15.8. The fraction of sp³-hybridized carbons (Fsp3) is 0.102. The number of aromatic amines is 2. The second-order valence-electron chi connectivity index (χ2n) is 15.8. The van der Waals surface area contributed by atoms with Crippen molar-refractivity contribution >= 4 is 92.2 Å². The lowest BCUT2D eigenvalue weighted by Crippen LogP contribution is -2.26. The normalized spacial score (nSPS) is 12.2. The highest BCUT2D eigenvalue weighted by Crippen LogP contribution is 2.31. The number of amides is 6. The summed E-state index contributed by atoms with van der Waals surface area (Å²) in [5.41, 5.74) is 4.54. The van der Waals surface area contributed by atoms with E-state index in [0.717, 1.165) is 11.1 Å². The van der Waals surface area contributed by atoms with Crippen molar-refractivity contribution in [3.05, 3.63) is 155 Å². The summed E-state index contributed by atoms with van der Waals surface area (Å²) in [6, 6.07) is 22.5. The van der Waals surface area contributed by atoms with E-state index in [0.29, 0.717) is 45.1 Å². The number of anilines is 4. The number of ether oxygens (including phenoxy) is 3. The summed E-state index contributed by atoms with van der Waals surface area (Å²) in [7, 11) is 1.23. The van der Waals surface area contributed by atoms with E-state index in [9.17, 15) is 43.5 Å². The predicted molar refractivity (Wildman–Crippen MR) is 258 cm³/mol. The van der Waals surface area contributed by atoms with Crippen molar-refractivity contribution in [1.82, 2.24) is 40.5 Å². The van der Waals surface area contributed by atoms with E-state index in [1.807, 2.05) is 0 Å². The lowest BCUT2D eigenvalue weighted by atomic mass is 10.1. The Morgan fingerprint density at radius 2 is 1.03 bits per heavy atom. The van der Waals surface area contributed by atoms with Crippen LogP contribution in [0.1, 0.15) is 73.5 Å². The molecule has 4 aromatic carbocycles. The van der Waals surface area contributed by atoms with Crippen molar-refractivity contribution in [3.8, 4) is 11.5 Å². The fourth-order valence-corrected chi connectivity index (χ4v) is 7.64. The van der Waals surface area contributed by atoms with Crippen molar-refractivity contribution in [2.75, 3.05) is 41.6 Å². The molecule has 73 heavy (non-hydrogen) atoms. The van der Waals surface area contributed by atoms with Gasteiger partial charge in [-0.15, -0.1) is 0 Å². The average Bonchev–Trinajstić information content (AvgIpc) is 4.02. The van der Waals surface area contributed by atoms with Crippen LogP contribution >= 0.6 is 0 Å². The number of esters is 1. The number of nitrogens with zero attached hydrogens (tertiary/aromatic N) is 4. The van der Waals surface area contributed by atoms with Crippen LogP contribution in [0.2, 0.25) is 0 Å². The van der Waals surface area contributed by atoms with Gasteiger partial charge in [-0.25, -0.2) is 29.5 Å². The van der Waals surface area contributed by atoms with Crippen molar-refractivity contribution in [2.24, 2.45) is 0 Å². The molecular formula is C49H38N12O12. The van der Waals surface area contributed by atoms with E-state index < -0.39 is 35.6 Å². The zero-order valence-electron chi connectivity index (χ0n) is 37.9. The molecule has 0 bridgehead atoms. The van der Waals surface area contributed by atoms with Crippen LogP contribution in [-0.4, -0.2) is 103 Å². The highest BCUT2D eigenvalue weighted by Gasteiger charge is 2.24. The molecular weight excluding hydrogens is 949 g/mol. The summed E-state index contributed by atoms with van der Waals surface area (Å²) in [6.07, 6.45) is 5.34. The molecule has 24 heteroatoms. The Hall–Kier alpha value is -10.5. The minimum atomic E-state index is -1.23. The monoisotopic (exact) mass is 986 g/mol. The highest BCUT2D eigenvalue weighted by atomic mass is 16.5. The van der Waals surface area contributed by atoms with Gasteiger partial charge in [-0.2, -0.15) is 0 Å². The van der Waals surface area contributed by atoms with Crippen LogP contribution in [0.3, 0.4) is 0 Å². The summed E-state index contributed by atoms with van der Waals surface area (Å²) in [4.78, 5) is 120. The molecule has 2 aliphatic heterocycles. The van der Waals surface area contributed by atoms with E-state index in [-0.39, 0.29) is 83.0 Å². The zero-order valence-corrected chi connectivity index (χ0v) is 37.9. The maximum Gasteiger partial charge on any atom is 0.338 e. The lowest BCUT2D eigenvalue weighted by Gasteiger charge is -2.18. The van der Waals surface area contributed by atoms with Gasteiger partial charge in [0.15, 0.2) is 24.6 Å². The van der Waals surface area contributed by atoms with Gasteiger partial charge in [0.25, 0.3) is 35.4 Å². The number of methoxy groups -OCH3 is 1. The molecule has 0 spiro atoms. The third-order valence-electron chi connectivity index (χ3n) is 11.1. The number of carboxylic acids is 1. The molecule has 0 saturated heterocycles. The molecule has 0 fully saturated rings. The summed E-state index contributed by atoms with van der Waals surface area (Å²) < 4.78 is 15.4. The number of fused-ring (bicyclic) bond motifs is 4. The molecule has 8 aromatic rings. The molecule has 24 nitrogen and oxygen atoms in total. The van der Waals surface area contributed by atoms with Crippen LogP contribution in [0.4, 0.5) is 22.7 Å². The van der Waals surface area contributed by atoms with Gasteiger partial charge >= 0.3 is 11.9 Å². The van der Waals surface area contributed by atoms with Crippen molar-refractivity contribution in [3.63, 3.8) is 0 Å². The maximum atomic E-state index is 12.9.